The van der Waals surface area contributed by atoms with Crippen molar-refractivity contribution < 1.29 is 38.1 Å². The first-order valence-electron chi connectivity index (χ1n) is 9.36. The molecule has 0 aromatic carbocycles. The number of carbonyl (C=O) groups excluding carboxylic acids is 4. The Balaban J connectivity index is 3.48. The number of hydrogen-bond acceptors (Lipinski definition) is 9. The quantitative estimate of drug-likeness (QED) is 0.300. The molecule has 29 heavy (non-hydrogen) atoms. The Bertz CT molecular complexity index is 658. The maximum atomic E-state index is 12.7. The van der Waals surface area contributed by atoms with Gasteiger partial charge in [-0.05, 0) is 39.1 Å². The number of esters is 3. The lowest BCUT2D eigenvalue weighted by Gasteiger charge is -2.33. The van der Waals surface area contributed by atoms with E-state index in [-0.39, 0.29) is 26.4 Å². The van der Waals surface area contributed by atoms with Crippen LogP contribution in [0, 0.1) is 5.92 Å². The highest BCUT2D eigenvalue weighted by atomic mass is 32.1. The van der Waals surface area contributed by atoms with Gasteiger partial charge in [0.25, 0.3) is 0 Å². The number of rotatable bonds is 11. The largest absolute Gasteiger partial charge is 0.465 e. The summed E-state index contributed by atoms with van der Waals surface area (Å²) in [4.78, 5) is 51.7. The summed E-state index contributed by atoms with van der Waals surface area (Å²) < 4.78 is 20.1. The topological polar surface area (TPSA) is 108 Å². The van der Waals surface area contributed by atoms with Gasteiger partial charge in [-0.1, -0.05) is 6.07 Å². The van der Waals surface area contributed by atoms with Crippen molar-refractivity contribution in [2.75, 3.05) is 33.0 Å². The van der Waals surface area contributed by atoms with Gasteiger partial charge in [-0.15, -0.1) is 11.3 Å². The SMILES string of the molecule is CCOC(=O)CN(C(=O)OCC)C(c1cccs1)C(C(=O)OCC)C(=O)OCC. The molecule has 162 valence electrons. The normalized spacial score (nSPS) is 11.5. The van der Waals surface area contributed by atoms with Crippen LogP contribution in [0.4, 0.5) is 4.79 Å². The molecule has 1 unspecified atom stereocenters. The zero-order valence-electron chi connectivity index (χ0n) is 17.0. The summed E-state index contributed by atoms with van der Waals surface area (Å²) in [5, 5.41) is 1.73. The smallest absolute Gasteiger partial charge is 0.410 e. The summed E-state index contributed by atoms with van der Waals surface area (Å²) >= 11 is 1.22. The second-order valence-corrected chi connectivity index (χ2v) is 6.55. The van der Waals surface area contributed by atoms with Crippen LogP contribution in [-0.4, -0.2) is 61.9 Å². The van der Waals surface area contributed by atoms with Gasteiger partial charge < -0.3 is 18.9 Å². The molecule has 0 bridgehead atoms. The van der Waals surface area contributed by atoms with Gasteiger partial charge in [0, 0.05) is 4.88 Å². The Morgan fingerprint density at radius 1 is 0.897 bits per heavy atom. The molecule has 0 radical (unpaired) electrons. The average Bonchev–Trinajstić information content (AvgIpc) is 3.19. The third-order valence-corrected chi connectivity index (χ3v) is 4.62. The molecule has 0 aliphatic rings. The lowest BCUT2D eigenvalue weighted by molar-refractivity contribution is -0.166. The summed E-state index contributed by atoms with van der Waals surface area (Å²) in [5.74, 6) is -3.91. The number of ether oxygens (including phenoxy) is 4. The number of amides is 1. The summed E-state index contributed by atoms with van der Waals surface area (Å²) in [6.07, 6.45) is -0.863. The highest BCUT2D eigenvalue weighted by Gasteiger charge is 2.45. The number of nitrogens with zero attached hydrogens (tertiary/aromatic N) is 1. The van der Waals surface area contributed by atoms with E-state index in [1.54, 1.807) is 45.2 Å². The van der Waals surface area contributed by atoms with Gasteiger partial charge in [0.15, 0.2) is 5.92 Å². The minimum Gasteiger partial charge on any atom is -0.465 e. The lowest BCUT2D eigenvalue weighted by atomic mass is 9.96. The van der Waals surface area contributed by atoms with Crippen LogP contribution in [0.3, 0.4) is 0 Å². The van der Waals surface area contributed by atoms with Gasteiger partial charge in [-0.25, -0.2) is 4.79 Å². The summed E-state index contributed by atoms with van der Waals surface area (Å²) in [5.41, 5.74) is 0. The second-order valence-electron chi connectivity index (χ2n) is 5.57. The minimum atomic E-state index is -1.49. The van der Waals surface area contributed by atoms with E-state index in [0.29, 0.717) is 4.88 Å². The molecule has 1 aromatic rings. The summed E-state index contributed by atoms with van der Waals surface area (Å²) in [6.45, 7) is 6.14. The molecule has 0 aliphatic carbocycles. The zero-order valence-corrected chi connectivity index (χ0v) is 17.9. The van der Waals surface area contributed by atoms with E-state index in [9.17, 15) is 19.2 Å². The molecule has 0 aliphatic heterocycles. The molecule has 0 saturated heterocycles. The molecule has 0 N–H and O–H groups in total. The molecule has 1 aromatic heterocycles. The predicted octanol–water partition coefficient (Wildman–Crippen LogP) is 2.55. The van der Waals surface area contributed by atoms with E-state index >= 15 is 0 Å². The van der Waals surface area contributed by atoms with Crippen LogP contribution >= 0.6 is 11.3 Å². The molecule has 9 nitrogen and oxygen atoms in total. The van der Waals surface area contributed by atoms with Crippen LogP contribution in [0.25, 0.3) is 0 Å². The Labute approximate surface area is 173 Å². The molecule has 1 atom stereocenters. The molecule has 0 spiro atoms. The Hall–Kier alpha value is -2.62. The Kier molecular flexibility index (Phi) is 10.7. The Morgan fingerprint density at radius 3 is 1.90 bits per heavy atom. The first kappa shape index (κ1) is 24.4. The maximum Gasteiger partial charge on any atom is 0.410 e. The third-order valence-electron chi connectivity index (χ3n) is 3.67. The molecule has 1 heterocycles. The lowest BCUT2D eigenvalue weighted by Crippen LogP contribution is -2.47. The molecule has 10 heteroatoms. The van der Waals surface area contributed by atoms with Crippen molar-refractivity contribution in [3.8, 4) is 0 Å². The standard InChI is InChI=1S/C19H27NO8S/c1-5-25-14(21)12-20(19(24)28-8-4)16(13-10-9-11-29-13)15(17(22)26-6-2)18(23)27-7-3/h9-11,15-16H,5-8,12H2,1-4H3. The fourth-order valence-corrected chi connectivity index (χ4v) is 3.48. The van der Waals surface area contributed by atoms with Gasteiger partial charge in [-0.2, -0.15) is 0 Å². The van der Waals surface area contributed by atoms with Crippen LogP contribution in [0.5, 0.6) is 0 Å². The highest BCUT2D eigenvalue weighted by Crippen LogP contribution is 2.34. The number of carbonyl (C=O) groups is 4. The predicted molar refractivity (Wildman–Crippen MR) is 104 cm³/mol. The van der Waals surface area contributed by atoms with E-state index in [2.05, 4.69) is 0 Å². The van der Waals surface area contributed by atoms with Gasteiger partial charge in [0.1, 0.15) is 6.54 Å². The molecular formula is C19H27NO8S. The maximum absolute atomic E-state index is 12.7. The van der Waals surface area contributed by atoms with Crippen molar-refractivity contribution in [3.05, 3.63) is 22.4 Å². The first-order chi connectivity index (χ1) is 13.9. The minimum absolute atomic E-state index is 0.0309. The van der Waals surface area contributed by atoms with Crippen molar-refractivity contribution in [1.29, 1.82) is 0 Å². The van der Waals surface area contributed by atoms with Crippen LogP contribution < -0.4 is 0 Å². The van der Waals surface area contributed by atoms with Crippen molar-refractivity contribution in [3.63, 3.8) is 0 Å². The third kappa shape index (κ3) is 7.04. The number of thiophene rings is 1. The fraction of sp³-hybridized carbons (Fsp3) is 0.579. The van der Waals surface area contributed by atoms with Crippen molar-refractivity contribution >= 4 is 35.3 Å². The molecule has 0 fully saturated rings. The van der Waals surface area contributed by atoms with Crippen LogP contribution in [-0.2, 0) is 33.3 Å². The van der Waals surface area contributed by atoms with E-state index in [4.69, 9.17) is 18.9 Å². The highest BCUT2D eigenvalue weighted by molar-refractivity contribution is 7.10. The van der Waals surface area contributed by atoms with Gasteiger partial charge in [0.05, 0.1) is 32.5 Å². The van der Waals surface area contributed by atoms with Crippen LogP contribution in [0.2, 0.25) is 0 Å². The van der Waals surface area contributed by atoms with Crippen molar-refractivity contribution in [2.24, 2.45) is 5.92 Å². The van der Waals surface area contributed by atoms with Crippen molar-refractivity contribution in [2.45, 2.75) is 33.7 Å². The van der Waals surface area contributed by atoms with Crippen molar-refractivity contribution in [1.82, 2.24) is 4.90 Å². The molecular weight excluding hydrogens is 402 g/mol. The number of hydrogen-bond donors (Lipinski definition) is 0. The van der Waals surface area contributed by atoms with Gasteiger partial charge in [-0.3, -0.25) is 19.3 Å². The van der Waals surface area contributed by atoms with Crippen LogP contribution in [0.1, 0.15) is 38.6 Å². The van der Waals surface area contributed by atoms with E-state index < -0.39 is 42.5 Å². The molecule has 1 amide bonds. The first-order valence-corrected chi connectivity index (χ1v) is 10.2. The summed E-state index contributed by atoms with van der Waals surface area (Å²) in [7, 11) is 0. The van der Waals surface area contributed by atoms with E-state index in [1.807, 2.05) is 0 Å². The van der Waals surface area contributed by atoms with Gasteiger partial charge >= 0.3 is 24.0 Å². The van der Waals surface area contributed by atoms with Crippen LogP contribution in [0.15, 0.2) is 17.5 Å². The second kappa shape index (κ2) is 12.8. The van der Waals surface area contributed by atoms with Gasteiger partial charge in [0.2, 0.25) is 0 Å². The fourth-order valence-electron chi connectivity index (χ4n) is 2.60. The molecule has 0 saturated carbocycles. The Morgan fingerprint density at radius 2 is 1.45 bits per heavy atom. The van der Waals surface area contributed by atoms with E-state index in [0.717, 1.165) is 4.90 Å². The average molecular weight is 429 g/mol. The molecule has 1 rings (SSSR count). The van der Waals surface area contributed by atoms with E-state index in [1.165, 1.54) is 11.3 Å². The monoisotopic (exact) mass is 429 g/mol. The summed E-state index contributed by atoms with van der Waals surface area (Å²) in [6, 6.07) is 2.20. The zero-order chi connectivity index (χ0) is 21.8.